The zero-order valence-electron chi connectivity index (χ0n) is 28.7. The highest BCUT2D eigenvalue weighted by atomic mass is 19.1. The monoisotopic (exact) mass is 685 g/mol. The maximum absolute atomic E-state index is 16.9. The lowest BCUT2D eigenvalue weighted by atomic mass is 9.95. The van der Waals surface area contributed by atoms with Gasteiger partial charge in [0.2, 0.25) is 5.91 Å². The number of aromatic nitrogens is 3. The summed E-state index contributed by atoms with van der Waals surface area (Å²) in [6.07, 6.45) is 8.19. The van der Waals surface area contributed by atoms with Gasteiger partial charge in [-0.25, -0.2) is 13.2 Å². The molecule has 2 aromatic carbocycles. The number of rotatable bonds is 8. The van der Waals surface area contributed by atoms with Crippen molar-refractivity contribution in [3.8, 4) is 17.3 Å². The van der Waals surface area contributed by atoms with E-state index in [2.05, 4.69) is 19.8 Å². The number of likely N-dealkylation sites (N-methyl/N-ethyl adjacent to an activating group) is 2. The number of nitrogens with zero attached hydrogens (tertiary/aromatic N) is 7. The Hall–Kier alpha value is -4.29. The van der Waals surface area contributed by atoms with Crippen LogP contribution in [0.1, 0.15) is 37.7 Å². The lowest BCUT2D eigenvalue weighted by Crippen LogP contribution is -2.43. The largest absolute Gasteiger partial charge is 0.461 e. The second-order valence-corrected chi connectivity index (χ2v) is 14.5. The van der Waals surface area contributed by atoms with Crippen molar-refractivity contribution in [1.29, 1.82) is 0 Å². The van der Waals surface area contributed by atoms with Crippen molar-refractivity contribution >= 4 is 33.4 Å². The van der Waals surface area contributed by atoms with Crippen molar-refractivity contribution in [3.05, 3.63) is 65.9 Å². The average molecular weight is 686 g/mol. The summed E-state index contributed by atoms with van der Waals surface area (Å²) >= 11 is 0. The van der Waals surface area contributed by atoms with Gasteiger partial charge in [0, 0.05) is 69.6 Å². The molecule has 50 heavy (non-hydrogen) atoms. The molecule has 4 aliphatic rings. The molecule has 4 saturated heterocycles. The second-order valence-electron chi connectivity index (χ2n) is 14.5. The van der Waals surface area contributed by atoms with Gasteiger partial charge in [0.1, 0.15) is 35.6 Å². The first-order chi connectivity index (χ1) is 24.1. The van der Waals surface area contributed by atoms with Crippen molar-refractivity contribution in [1.82, 2.24) is 29.7 Å². The summed E-state index contributed by atoms with van der Waals surface area (Å²) < 4.78 is 52.4. The molecule has 0 saturated carbocycles. The third kappa shape index (κ3) is 5.66. The fourth-order valence-corrected chi connectivity index (χ4v) is 8.43. The molecule has 4 atom stereocenters. The lowest BCUT2D eigenvalue weighted by Gasteiger charge is -2.35. The van der Waals surface area contributed by atoms with E-state index >= 15 is 4.39 Å². The first-order valence-corrected chi connectivity index (χ1v) is 17.6. The Morgan fingerprint density at radius 2 is 1.98 bits per heavy atom. The van der Waals surface area contributed by atoms with Gasteiger partial charge in [-0.2, -0.15) is 9.97 Å². The number of halogens is 3. The quantitative estimate of drug-likeness (QED) is 0.219. The molecule has 0 aliphatic carbocycles. The van der Waals surface area contributed by atoms with Gasteiger partial charge in [-0.05, 0) is 68.6 Å². The number of likely N-dealkylation sites (tertiary alicyclic amines) is 2. The van der Waals surface area contributed by atoms with Crippen molar-refractivity contribution < 1.29 is 22.7 Å². The number of hydrogen-bond donors (Lipinski definition) is 0. The topological polar surface area (TPSA) is 77.9 Å². The van der Waals surface area contributed by atoms with Crippen LogP contribution in [0.15, 0.2) is 48.7 Å². The molecule has 0 unspecified atom stereocenters. The number of carbonyl (C=O) groups excluding carboxylic acids is 1. The van der Waals surface area contributed by atoms with Crippen LogP contribution < -0.4 is 9.64 Å². The normalized spacial score (nSPS) is 25.6. The van der Waals surface area contributed by atoms with Gasteiger partial charge in [0.25, 0.3) is 0 Å². The number of pyridine rings is 1. The third-order valence-electron chi connectivity index (χ3n) is 11.5. The van der Waals surface area contributed by atoms with E-state index in [0.717, 1.165) is 37.7 Å². The summed E-state index contributed by atoms with van der Waals surface area (Å²) in [6.45, 7) is 5.16. The van der Waals surface area contributed by atoms with Crippen LogP contribution in [0.25, 0.3) is 32.9 Å². The Balaban J connectivity index is 1.16. The summed E-state index contributed by atoms with van der Waals surface area (Å²) in [5.74, 6) is -0.643. The number of amides is 1. The molecule has 4 aliphatic heterocycles. The third-order valence-corrected chi connectivity index (χ3v) is 11.5. The Kier molecular flexibility index (Phi) is 8.42. The molecule has 0 bridgehead atoms. The van der Waals surface area contributed by atoms with Gasteiger partial charge >= 0.3 is 6.01 Å². The number of alkyl halides is 1. The molecule has 4 aromatic rings. The molecule has 1 amide bonds. The molecular weight excluding hydrogens is 643 g/mol. The molecule has 6 heterocycles. The summed E-state index contributed by atoms with van der Waals surface area (Å²) in [5, 5.41) is 1.75. The minimum absolute atomic E-state index is 0.00226. The van der Waals surface area contributed by atoms with Gasteiger partial charge in [0.15, 0.2) is 5.82 Å². The molecule has 2 aromatic heterocycles. The SMILES string of the molecule is Cc1c(F)ccc2cccc(-c3ncc4c(N(C)[C@@H]5CCN(C(=O)/C=C/[C@H]6CCN6C)C5)nc(OC[C@@]56CCCN5C[C@H](F)C6)nc4c3F)c12. The molecule has 8 rings (SSSR count). The molecule has 0 N–H and O–H groups in total. The highest BCUT2D eigenvalue weighted by Crippen LogP contribution is 2.41. The second kappa shape index (κ2) is 12.8. The fraction of sp³-hybridized carbons (Fsp3) is 0.474. The van der Waals surface area contributed by atoms with Gasteiger partial charge in [-0.3, -0.25) is 19.6 Å². The molecule has 12 heteroatoms. The maximum Gasteiger partial charge on any atom is 0.319 e. The van der Waals surface area contributed by atoms with E-state index in [9.17, 15) is 13.6 Å². The molecule has 0 spiro atoms. The highest BCUT2D eigenvalue weighted by molar-refractivity contribution is 6.00. The molecule has 4 fully saturated rings. The average Bonchev–Trinajstić information content (AvgIpc) is 3.83. The first kappa shape index (κ1) is 32.9. The van der Waals surface area contributed by atoms with Gasteiger partial charge in [0.05, 0.1) is 10.9 Å². The highest BCUT2D eigenvalue weighted by Gasteiger charge is 2.49. The van der Waals surface area contributed by atoms with E-state index < -0.39 is 17.5 Å². The summed E-state index contributed by atoms with van der Waals surface area (Å²) in [7, 11) is 3.93. The standard InChI is InChI=1S/C38H42F3N7O2/c1-23-30(40)10-8-24-6-4-7-28(32(23)24)34-33(41)35-29(19-42-34)36(44-37(43-35)50-22-38-14-5-15-48(38)20-25(39)18-38)46(3)27-13-17-47(21-27)31(49)11-9-26-12-16-45(26)2/h4,6-11,19,25-27H,5,12-18,20-22H2,1-3H3/b11-9+/t25-,26+,27-,38+/m1/s1. The van der Waals surface area contributed by atoms with Gasteiger partial charge in [-0.15, -0.1) is 0 Å². The minimum atomic E-state index is -0.921. The van der Waals surface area contributed by atoms with Crippen molar-refractivity contribution in [2.24, 2.45) is 0 Å². The Bertz CT molecular complexity index is 2010. The number of ether oxygens (including phenoxy) is 1. The van der Waals surface area contributed by atoms with Crippen LogP contribution in [0.2, 0.25) is 0 Å². The maximum atomic E-state index is 16.9. The molecule has 0 radical (unpaired) electrons. The Morgan fingerprint density at radius 3 is 2.78 bits per heavy atom. The van der Waals surface area contributed by atoms with Crippen molar-refractivity contribution in [3.63, 3.8) is 0 Å². The van der Waals surface area contributed by atoms with E-state index in [-0.39, 0.29) is 41.6 Å². The number of carbonyl (C=O) groups is 1. The summed E-state index contributed by atoms with van der Waals surface area (Å²) in [6, 6.07) is 8.68. The van der Waals surface area contributed by atoms with Crippen molar-refractivity contribution in [2.45, 2.75) is 62.8 Å². The van der Waals surface area contributed by atoms with Crippen LogP contribution in [0, 0.1) is 18.6 Å². The smallest absolute Gasteiger partial charge is 0.319 e. The van der Waals surface area contributed by atoms with Crippen LogP contribution in [-0.2, 0) is 4.79 Å². The lowest BCUT2D eigenvalue weighted by molar-refractivity contribution is -0.125. The van der Waals surface area contributed by atoms with E-state index in [1.165, 1.54) is 6.07 Å². The molecular formula is C38H42F3N7O2. The van der Waals surface area contributed by atoms with Crippen LogP contribution in [-0.4, -0.2) is 113 Å². The van der Waals surface area contributed by atoms with Gasteiger partial charge < -0.3 is 14.5 Å². The number of hydrogen-bond acceptors (Lipinski definition) is 8. The Morgan fingerprint density at radius 1 is 1.12 bits per heavy atom. The van der Waals surface area contributed by atoms with Crippen LogP contribution >= 0.6 is 0 Å². The predicted molar refractivity (Wildman–Crippen MR) is 187 cm³/mol. The number of aryl methyl sites for hydroxylation is 1. The van der Waals surface area contributed by atoms with E-state index in [0.29, 0.717) is 66.2 Å². The van der Waals surface area contributed by atoms with E-state index in [4.69, 9.17) is 9.72 Å². The molecule has 262 valence electrons. The van der Waals surface area contributed by atoms with Crippen LogP contribution in [0.5, 0.6) is 6.01 Å². The minimum Gasteiger partial charge on any atom is -0.461 e. The van der Waals surface area contributed by atoms with Crippen LogP contribution in [0.3, 0.4) is 0 Å². The number of fused-ring (bicyclic) bond motifs is 3. The van der Waals surface area contributed by atoms with Gasteiger partial charge in [-0.1, -0.05) is 30.3 Å². The van der Waals surface area contributed by atoms with Crippen molar-refractivity contribution in [2.75, 3.05) is 58.3 Å². The zero-order valence-corrected chi connectivity index (χ0v) is 28.7. The van der Waals surface area contributed by atoms with Crippen LogP contribution in [0.4, 0.5) is 19.0 Å². The fourth-order valence-electron chi connectivity index (χ4n) is 8.43. The molecule has 9 nitrogen and oxygen atoms in total. The number of anilines is 1. The summed E-state index contributed by atoms with van der Waals surface area (Å²) in [4.78, 5) is 35.2. The zero-order chi connectivity index (χ0) is 34.7. The van der Waals surface area contributed by atoms with E-state index in [1.807, 2.05) is 36.0 Å². The predicted octanol–water partition coefficient (Wildman–Crippen LogP) is 5.68. The number of benzene rings is 2. The summed E-state index contributed by atoms with van der Waals surface area (Å²) in [5.41, 5.74) is 0.505. The first-order valence-electron chi connectivity index (χ1n) is 17.6. The van der Waals surface area contributed by atoms with E-state index in [1.54, 1.807) is 37.4 Å². The Labute approximate surface area is 289 Å².